The van der Waals surface area contributed by atoms with Gasteiger partial charge in [-0.25, -0.2) is 9.48 Å². The van der Waals surface area contributed by atoms with Gasteiger partial charge < -0.3 is 15.5 Å². The summed E-state index contributed by atoms with van der Waals surface area (Å²) < 4.78 is 1.36. The molecule has 0 bridgehead atoms. The Balaban J connectivity index is 1.67. The first-order valence-electron chi connectivity index (χ1n) is 8.33. The standard InChI is InChI=1S/C19H16ClN5O3S/c1-11-16(17(26)25(24-11)15-4-2-3-13(20)9-15)10-21-23-19(29)22-14-7-5-12(6-8-14)18(27)28/h2-10,26H,1H3,(H,27,28)(H2,22,23,29)/b21-10+. The molecule has 2 aromatic carbocycles. The summed E-state index contributed by atoms with van der Waals surface area (Å²) in [6.07, 6.45) is 1.40. The number of hydrogen-bond acceptors (Lipinski definition) is 5. The van der Waals surface area contributed by atoms with E-state index >= 15 is 0 Å². The molecule has 0 saturated carbocycles. The molecule has 1 heterocycles. The largest absolute Gasteiger partial charge is 0.493 e. The smallest absolute Gasteiger partial charge is 0.335 e. The van der Waals surface area contributed by atoms with Crippen LogP contribution in [0.3, 0.4) is 0 Å². The number of aryl methyl sites for hydroxylation is 1. The summed E-state index contributed by atoms with van der Waals surface area (Å²) in [6.45, 7) is 1.74. The Kier molecular flexibility index (Phi) is 6.10. The zero-order valence-corrected chi connectivity index (χ0v) is 16.7. The van der Waals surface area contributed by atoms with Crippen molar-refractivity contribution in [3.8, 4) is 11.6 Å². The van der Waals surface area contributed by atoms with Gasteiger partial charge in [0, 0.05) is 10.7 Å². The number of thiocarbonyl (C=S) groups is 1. The molecular weight excluding hydrogens is 414 g/mol. The highest BCUT2D eigenvalue weighted by Gasteiger charge is 2.14. The van der Waals surface area contributed by atoms with Crippen molar-refractivity contribution in [3.63, 3.8) is 0 Å². The molecule has 3 rings (SSSR count). The summed E-state index contributed by atoms with van der Waals surface area (Å²) in [7, 11) is 0. The van der Waals surface area contributed by atoms with Gasteiger partial charge in [-0.2, -0.15) is 10.2 Å². The third kappa shape index (κ3) is 4.89. The molecule has 29 heavy (non-hydrogen) atoms. The van der Waals surface area contributed by atoms with Crippen LogP contribution in [0.5, 0.6) is 5.88 Å². The second-order valence-electron chi connectivity index (χ2n) is 5.92. The summed E-state index contributed by atoms with van der Waals surface area (Å²) in [4.78, 5) is 10.9. The van der Waals surface area contributed by atoms with Crippen LogP contribution in [0.4, 0.5) is 5.69 Å². The van der Waals surface area contributed by atoms with E-state index in [-0.39, 0.29) is 16.6 Å². The minimum Gasteiger partial charge on any atom is -0.493 e. The summed E-state index contributed by atoms with van der Waals surface area (Å²) in [5, 5.41) is 31.3. The SMILES string of the molecule is Cc1nn(-c2cccc(Cl)c2)c(O)c1/C=N/NC(=S)Nc1ccc(C(=O)O)cc1. The van der Waals surface area contributed by atoms with E-state index < -0.39 is 5.97 Å². The highest BCUT2D eigenvalue weighted by atomic mass is 35.5. The van der Waals surface area contributed by atoms with Gasteiger partial charge in [0.25, 0.3) is 0 Å². The van der Waals surface area contributed by atoms with Gasteiger partial charge in [-0.05, 0) is 61.6 Å². The van der Waals surface area contributed by atoms with Gasteiger partial charge in [0.2, 0.25) is 5.88 Å². The molecule has 0 atom stereocenters. The Labute approximate surface area is 176 Å². The van der Waals surface area contributed by atoms with Gasteiger partial charge in [0.1, 0.15) is 0 Å². The number of carboxylic acids is 1. The molecule has 4 N–H and O–H groups in total. The third-order valence-electron chi connectivity index (χ3n) is 3.88. The molecule has 0 amide bonds. The first-order chi connectivity index (χ1) is 13.8. The van der Waals surface area contributed by atoms with Crippen molar-refractivity contribution in [2.45, 2.75) is 6.92 Å². The lowest BCUT2D eigenvalue weighted by molar-refractivity contribution is 0.0697. The van der Waals surface area contributed by atoms with E-state index in [9.17, 15) is 9.90 Å². The number of carbonyl (C=O) groups is 1. The van der Waals surface area contributed by atoms with Crippen molar-refractivity contribution in [3.05, 3.63) is 70.4 Å². The lowest BCUT2D eigenvalue weighted by atomic mass is 10.2. The van der Waals surface area contributed by atoms with Crippen LogP contribution in [-0.4, -0.2) is 37.3 Å². The maximum atomic E-state index is 10.9. The second-order valence-corrected chi connectivity index (χ2v) is 6.77. The quantitative estimate of drug-likeness (QED) is 0.278. The number of aromatic nitrogens is 2. The summed E-state index contributed by atoms with van der Waals surface area (Å²) in [5.74, 6) is -1.09. The minimum atomic E-state index is -1.00. The van der Waals surface area contributed by atoms with E-state index in [2.05, 4.69) is 20.9 Å². The summed E-state index contributed by atoms with van der Waals surface area (Å²) in [5.41, 5.74) is 5.02. The van der Waals surface area contributed by atoms with Gasteiger partial charge in [-0.1, -0.05) is 17.7 Å². The first kappa shape index (κ1) is 20.3. The molecule has 0 aliphatic carbocycles. The monoisotopic (exact) mass is 429 g/mol. The topological polar surface area (TPSA) is 112 Å². The van der Waals surface area contributed by atoms with E-state index in [1.807, 2.05) is 0 Å². The molecule has 0 unspecified atom stereocenters. The van der Waals surface area contributed by atoms with Crippen molar-refractivity contribution >= 4 is 46.8 Å². The molecular formula is C19H16ClN5O3S. The van der Waals surface area contributed by atoms with E-state index in [1.54, 1.807) is 43.3 Å². The predicted octanol–water partition coefficient (Wildman–Crippen LogP) is 3.56. The predicted molar refractivity (Wildman–Crippen MR) is 115 cm³/mol. The van der Waals surface area contributed by atoms with E-state index in [0.29, 0.717) is 27.7 Å². The molecule has 0 spiro atoms. The van der Waals surface area contributed by atoms with Crippen molar-refractivity contribution in [2.75, 3.05) is 5.32 Å². The van der Waals surface area contributed by atoms with Gasteiger partial charge in [-0.15, -0.1) is 0 Å². The zero-order chi connectivity index (χ0) is 21.0. The number of nitrogens with zero attached hydrogens (tertiary/aromatic N) is 3. The van der Waals surface area contributed by atoms with E-state index in [4.69, 9.17) is 28.9 Å². The van der Waals surface area contributed by atoms with Gasteiger partial charge >= 0.3 is 5.97 Å². The molecule has 10 heteroatoms. The van der Waals surface area contributed by atoms with Gasteiger partial charge in [-0.3, -0.25) is 5.43 Å². The van der Waals surface area contributed by atoms with Crippen LogP contribution >= 0.6 is 23.8 Å². The van der Waals surface area contributed by atoms with Crippen molar-refractivity contribution in [1.82, 2.24) is 15.2 Å². The maximum absolute atomic E-state index is 10.9. The first-order valence-corrected chi connectivity index (χ1v) is 9.11. The van der Waals surface area contributed by atoms with Crippen LogP contribution in [-0.2, 0) is 0 Å². The van der Waals surface area contributed by atoms with E-state index in [0.717, 1.165) is 0 Å². The fraction of sp³-hybridized carbons (Fsp3) is 0.0526. The number of nitrogens with one attached hydrogen (secondary N) is 2. The van der Waals surface area contributed by atoms with E-state index in [1.165, 1.54) is 23.0 Å². The second kappa shape index (κ2) is 8.72. The van der Waals surface area contributed by atoms with Crippen LogP contribution in [0, 0.1) is 6.92 Å². The van der Waals surface area contributed by atoms with Crippen LogP contribution < -0.4 is 10.7 Å². The summed E-state index contributed by atoms with van der Waals surface area (Å²) >= 11 is 11.1. The molecule has 3 aromatic rings. The molecule has 0 saturated heterocycles. The van der Waals surface area contributed by atoms with Crippen molar-refractivity contribution in [1.29, 1.82) is 0 Å². The van der Waals surface area contributed by atoms with Gasteiger partial charge in [0.05, 0.1) is 28.7 Å². The van der Waals surface area contributed by atoms with Crippen LogP contribution in [0.25, 0.3) is 5.69 Å². The van der Waals surface area contributed by atoms with Crippen LogP contribution in [0.15, 0.2) is 53.6 Å². The molecule has 0 aliphatic heterocycles. The number of halogens is 1. The van der Waals surface area contributed by atoms with Crippen molar-refractivity contribution < 1.29 is 15.0 Å². The Morgan fingerprint density at radius 1 is 1.28 bits per heavy atom. The van der Waals surface area contributed by atoms with Crippen LogP contribution in [0.2, 0.25) is 5.02 Å². The average Bonchev–Trinajstić information content (AvgIpc) is 2.96. The maximum Gasteiger partial charge on any atom is 0.335 e. The number of benzene rings is 2. The molecule has 148 valence electrons. The number of aromatic hydroxyl groups is 1. The number of hydrogen-bond donors (Lipinski definition) is 4. The Hall–Kier alpha value is -3.43. The Morgan fingerprint density at radius 2 is 2.00 bits per heavy atom. The fourth-order valence-corrected chi connectivity index (χ4v) is 2.83. The minimum absolute atomic E-state index is 0.0848. The lowest BCUT2D eigenvalue weighted by Gasteiger charge is -2.07. The third-order valence-corrected chi connectivity index (χ3v) is 4.31. The Bertz CT molecular complexity index is 1100. The number of rotatable bonds is 5. The van der Waals surface area contributed by atoms with Crippen molar-refractivity contribution in [2.24, 2.45) is 5.10 Å². The molecule has 0 radical (unpaired) electrons. The average molecular weight is 430 g/mol. The highest BCUT2D eigenvalue weighted by molar-refractivity contribution is 7.80. The fourth-order valence-electron chi connectivity index (χ4n) is 2.48. The molecule has 8 nitrogen and oxygen atoms in total. The lowest BCUT2D eigenvalue weighted by Crippen LogP contribution is -2.23. The number of carboxylic acid groups (broad SMARTS) is 1. The number of aromatic carboxylic acids is 1. The van der Waals surface area contributed by atoms with Crippen LogP contribution in [0.1, 0.15) is 21.6 Å². The van der Waals surface area contributed by atoms with Gasteiger partial charge in [0.15, 0.2) is 5.11 Å². The summed E-state index contributed by atoms with van der Waals surface area (Å²) in [6, 6.07) is 13.0. The Morgan fingerprint density at radius 3 is 2.66 bits per heavy atom. The molecule has 0 aliphatic rings. The number of anilines is 1. The molecule has 1 aromatic heterocycles. The number of hydrazone groups is 1. The molecule has 0 fully saturated rings. The zero-order valence-electron chi connectivity index (χ0n) is 15.1. The highest BCUT2D eigenvalue weighted by Crippen LogP contribution is 2.24. The normalized spacial score (nSPS) is 10.8.